The maximum atomic E-state index is 14.1. The molecule has 0 aliphatic carbocycles. The highest BCUT2D eigenvalue weighted by Gasteiger charge is 2.38. The number of hydrogen-bond acceptors (Lipinski definition) is 5. The molecule has 2 aromatic carbocycles. The van der Waals surface area contributed by atoms with E-state index >= 15 is 0 Å². The lowest BCUT2D eigenvalue weighted by molar-refractivity contribution is -0.146. The van der Waals surface area contributed by atoms with E-state index in [1.165, 1.54) is 18.1 Å². The Balaban J connectivity index is 1.77. The Morgan fingerprint density at radius 2 is 1.81 bits per heavy atom. The Hall–Kier alpha value is -3.59. The van der Waals surface area contributed by atoms with Crippen LogP contribution in [0.15, 0.2) is 54.6 Å². The van der Waals surface area contributed by atoms with Gasteiger partial charge in [0.2, 0.25) is 17.6 Å². The number of carbonyl (C=O) groups excluding carboxylic acids is 4. The molecule has 1 fully saturated rings. The fourth-order valence-corrected chi connectivity index (χ4v) is 3.64. The number of halogens is 1. The average molecular weight is 441 g/mol. The third kappa shape index (κ3) is 5.55. The number of hydroxylamine groups is 1. The number of ketones is 1. The molecule has 1 aliphatic heterocycles. The van der Waals surface area contributed by atoms with Crippen LogP contribution < -0.4 is 10.8 Å². The molecule has 0 radical (unpaired) electrons. The van der Waals surface area contributed by atoms with Crippen molar-refractivity contribution >= 4 is 23.5 Å². The molecule has 3 rings (SSSR count). The molecule has 3 amide bonds. The molecule has 0 saturated carbocycles. The Kier molecular flexibility index (Phi) is 7.67. The van der Waals surface area contributed by atoms with Crippen molar-refractivity contribution in [3.63, 3.8) is 0 Å². The van der Waals surface area contributed by atoms with E-state index in [9.17, 15) is 23.6 Å². The highest BCUT2D eigenvalue weighted by atomic mass is 19.1. The molecule has 2 atom stereocenters. The van der Waals surface area contributed by atoms with Crippen LogP contribution in [0.4, 0.5) is 4.39 Å². The van der Waals surface area contributed by atoms with Gasteiger partial charge in [0.25, 0.3) is 0 Å². The summed E-state index contributed by atoms with van der Waals surface area (Å²) in [5.74, 6) is -3.21. The highest BCUT2D eigenvalue weighted by molar-refractivity contribution is 6.38. The molecule has 1 aliphatic rings. The minimum atomic E-state index is -1.16. The molecule has 9 heteroatoms. The summed E-state index contributed by atoms with van der Waals surface area (Å²) in [6, 6.07) is 12.9. The molecule has 32 heavy (non-hydrogen) atoms. The summed E-state index contributed by atoms with van der Waals surface area (Å²) in [5, 5.41) is 2.60. The van der Waals surface area contributed by atoms with Crippen molar-refractivity contribution in [1.82, 2.24) is 15.7 Å². The summed E-state index contributed by atoms with van der Waals surface area (Å²) >= 11 is 0. The van der Waals surface area contributed by atoms with E-state index in [2.05, 4.69) is 10.2 Å². The molecule has 8 nitrogen and oxygen atoms in total. The van der Waals surface area contributed by atoms with Gasteiger partial charge in [-0.15, -0.1) is 0 Å². The molecule has 0 bridgehead atoms. The normalized spacial score (nSPS) is 16.5. The number of amides is 3. The van der Waals surface area contributed by atoms with E-state index in [0.717, 1.165) is 5.56 Å². The van der Waals surface area contributed by atoms with Gasteiger partial charge in [-0.05, 0) is 18.1 Å². The van der Waals surface area contributed by atoms with Crippen molar-refractivity contribution in [3.05, 3.63) is 71.5 Å². The lowest BCUT2D eigenvalue weighted by Gasteiger charge is -2.26. The first-order chi connectivity index (χ1) is 15.4. The predicted molar refractivity (Wildman–Crippen MR) is 112 cm³/mol. The lowest BCUT2D eigenvalue weighted by atomic mass is 10.0. The number of carbonyl (C=O) groups is 4. The van der Waals surface area contributed by atoms with E-state index in [-0.39, 0.29) is 37.3 Å². The third-order valence-corrected chi connectivity index (χ3v) is 5.26. The second kappa shape index (κ2) is 10.6. The van der Waals surface area contributed by atoms with Crippen LogP contribution in [0.2, 0.25) is 0 Å². The number of hydrogen-bond donors (Lipinski definition) is 2. The number of rotatable bonds is 9. The SMILES string of the molecule is CONC(=O)C(=O)C(Cc1ccccc1)NC(=O)[C@H]1CCC(=O)N1Cc1ccccc1F. The standard InChI is InChI=1S/C23H24FN3O5/c1-32-26-23(31)21(29)18(13-15-7-3-2-4-8-15)25-22(30)19-11-12-20(28)27(19)14-16-9-5-6-10-17(16)24/h2-10,18-19H,11-14H2,1H3,(H,25,30)(H,26,31)/t18?,19-/m1/s1. The molecular formula is C23H24FN3O5. The fourth-order valence-electron chi connectivity index (χ4n) is 3.64. The molecule has 0 aromatic heterocycles. The van der Waals surface area contributed by atoms with E-state index in [1.54, 1.807) is 48.5 Å². The predicted octanol–water partition coefficient (Wildman–Crippen LogP) is 1.29. The maximum absolute atomic E-state index is 14.1. The molecule has 1 saturated heterocycles. The van der Waals surface area contributed by atoms with Gasteiger partial charge in [0, 0.05) is 24.9 Å². The van der Waals surface area contributed by atoms with Crippen LogP contribution in [0.25, 0.3) is 0 Å². The van der Waals surface area contributed by atoms with Crippen molar-refractivity contribution in [2.24, 2.45) is 0 Å². The zero-order valence-electron chi connectivity index (χ0n) is 17.5. The molecule has 0 spiro atoms. The van der Waals surface area contributed by atoms with Crippen LogP contribution in [0.3, 0.4) is 0 Å². The summed E-state index contributed by atoms with van der Waals surface area (Å²) in [7, 11) is 1.20. The Labute approximate surface area is 184 Å². The molecular weight excluding hydrogens is 417 g/mol. The number of nitrogens with one attached hydrogen (secondary N) is 2. The van der Waals surface area contributed by atoms with Gasteiger partial charge in [0.05, 0.1) is 7.11 Å². The van der Waals surface area contributed by atoms with Crippen LogP contribution in [0.1, 0.15) is 24.0 Å². The second-order valence-corrected chi connectivity index (χ2v) is 7.42. The third-order valence-electron chi connectivity index (χ3n) is 5.26. The number of nitrogens with zero attached hydrogens (tertiary/aromatic N) is 1. The van der Waals surface area contributed by atoms with E-state index in [4.69, 9.17) is 0 Å². The Morgan fingerprint density at radius 1 is 1.12 bits per heavy atom. The molecule has 2 aromatic rings. The monoisotopic (exact) mass is 441 g/mol. The van der Waals surface area contributed by atoms with Gasteiger partial charge < -0.3 is 10.2 Å². The maximum Gasteiger partial charge on any atom is 0.313 e. The average Bonchev–Trinajstić information content (AvgIpc) is 3.15. The number of likely N-dealkylation sites (tertiary alicyclic amines) is 1. The minimum Gasteiger partial charge on any atom is -0.344 e. The smallest absolute Gasteiger partial charge is 0.313 e. The number of benzene rings is 2. The zero-order chi connectivity index (χ0) is 23.1. The molecule has 168 valence electrons. The van der Waals surface area contributed by atoms with Gasteiger partial charge >= 0.3 is 5.91 Å². The Morgan fingerprint density at radius 3 is 2.50 bits per heavy atom. The van der Waals surface area contributed by atoms with Crippen molar-refractivity contribution in [2.45, 2.75) is 37.9 Å². The van der Waals surface area contributed by atoms with Crippen LogP contribution in [0, 0.1) is 5.82 Å². The zero-order valence-corrected chi connectivity index (χ0v) is 17.5. The van der Waals surface area contributed by atoms with Crippen LogP contribution >= 0.6 is 0 Å². The molecule has 1 heterocycles. The van der Waals surface area contributed by atoms with Gasteiger partial charge in [0.1, 0.15) is 17.9 Å². The largest absolute Gasteiger partial charge is 0.344 e. The van der Waals surface area contributed by atoms with Crippen LogP contribution in [-0.4, -0.2) is 47.6 Å². The quantitative estimate of drug-likeness (QED) is 0.451. The van der Waals surface area contributed by atoms with Gasteiger partial charge in [-0.2, -0.15) is 0 Å². The van der Waals surface area contributed by atoms with E-state index < -0.39 is 35.5 Å². The van der Waals surface area contributed by atoms with Crippen molar-refractivity contribution in [2.75, 3.05) is 7.11 Å². The minimum absolute atomic E-state index is 0.0644. The first-order valence-corrected chi connectivity index (χ1v) is 10.1. The first-order valence-electron chi connectivity index (χ1n) is 10.1. The summed E-state index contributed by atoms with van der Waals surface area (Å²) in [6.45, 7) is -0.0644. The molecule has 2 N–H and O–H groups in total. The van der Waals surface area contributed by atoms with Gasteiger partial charge in [-0.25, -0.2) is 9.87 Å². The van der Waals surface area contributed by atoms with E-state index in [1.807, 2.05) is 5.48 Å². The van der Waals surface area contributed by atoms with E-state index in [0.29, 0.717) is 0 Å². The van der Waals surface area contributed by atoms with Gasteiger partial charge in [-0.1, -0.05) is 48.5 Å². The van der Waals surface area contributed by atoms with Crippen molar-refractivity contribution in [3.8, 4) is 0 Å². The topological polar surface area (TPSA) is 105 Å². The van der Waals surface area contributed by atoms with Crippen LogP contribution in [0.5, 0.6) is 0 Å². The molecule has 1 unspecified atom stereocenters. The van der Waals surface area contributed by atoms with Crippen LogP contribution in [-0.2, 0) is 37.0 Å². The second-order valence-electron chi connectivity index (χ2n) is 7.42. The van der Waals surface area contributed by atoms with Crippen molar-refractivity contribution in [1.29, 1.82) is 0 Å². The Bertz CT molecular complexity index is 998. The van der Waals surface area contributed by atoms with Gasteiger partial charge in [0.15, 0.2) is 0 Å². The fraction of sp³-hybridized carbons (Fsp3) is 0.304. The summed E-state index contributed by atoms with van der Waals surface area (Å²) < 4.78 is 14.1. The summed E-state index contributed by atoms with van der Waals surface area (Å²) in [4.78, 5) is 55.9. The number of Topliss-reactive ketones (excluding diaryl/α,β-unsaturated/α-hetero) is 1. The highest BCUT2D eigenvalue weighted by Crippen LogP contribution is 2.23. The first kappa shape index (κ1) is 23.1. The lowest BCUT2D eigenvalue weighted by Crippen LogP contribution is -2.53. The summed E-state index contributed by atoms with van der Waals surface area (Å²) in [5.41, 5.74) is 2.99. The summed E-state index contributed by atoms with van der Waals surface area (Å²) in [6.07, 6.45) is 0.445. The van der Waals surface area contributed by atoms with Gasteiger partial charge in [-0.3, -0.25) is 24.0 Å². The van der Waals surface area contributed by atoms with Crippen molar-refractivity contribution < 1.29 is 28.4 Å².